The fraction of sp³-hybridized carbons (Fsp3) is 0.143. The fourth-order valence-corrected chi connectivity index (χ4v) is 2.91. The van der Waals surface area contributed by atoms with Crippen LogP contribution in [0.1, 0.15) is 5.56 Å². The number of halogens is 4. The van der Waals surface area contributed by atoms with E-state index < -0.39 is 1.68 Å². The lowest BCUT2D eigenvalue weighted by Gasteiger charge is -2.13. The van der Waals surface area contributed by atoms with E-state index in [0.29, 0.717) is 11.3 Å². The van der Waals surface area contributed by atoms with Crippen molar-refractivity contribution in [1.82, 2.24) is 0 Å². The maximum atomic E-state index is 13.4. The third kappa shape index (κ3) is 2.69. The van der Waals surface area contributed by atoms with Gasteiger partial charge in [0.15, 0.2) is 0 Å². The summed E-state index contributed by atoms with van der Waals surface area (Å²) in [6.07, 6.45) is 0. The molecule has 12 heavy (non-hydrogen) atoms. The van der Waals surface area contributed by atoms with E-state index in [2.05, 4.69) is 15.9 Å². The molecule has 0 fully saturated rings. The Bertz CT molecular complexity index is 298. The topological polar surface area (TPSA) is 26.0 Å². The summed E-state index contributed by atoms with van der Waals surface area (Å²) in [5.41, 5.74) is 6.66. The second-order valence-electron chi connectivity index (χ2n) is 2.24. The lowest BCUT2D eigenvalue weighted by Crippen LogP contribution is -2.01. The Hall–Kier alpha value is 0.890. The molecule has 66 valence electrons. The van der Waals surface area contributed by atoms with E-state index in [0.717, 1.165) is 4.47 Å². The van der Waals surface area contributed by atoms with Crippen LogP contribution >= 0.6 is 61.1 Å². The highest BCUT2D eigenvalue weighted by Gasteiger charge is 2.26. The highest BCUT2D eigenvalue weighted by Crippen LogP contribution is 2.44. The normalized spacial score (nSPS) is 11.7. The van der Waals surface area contributed by atoms with Crippen molar-refractivity contribution in [2.75, 3.05) is 5.73 Å². The van der Waals surface area contributed by atoms with Crippen molar-refractivity contribution in [1.29, 1.82) is 0 Å². The number of benzene rings is 1. The summed E-state index contributed by atoms with van der Waals surface area (Å²) in [6, 6.07) is 5.10. The Labute approximate surface area is 106 Å². The number of hydrogen-bond donors (Lipinski definition) is 1. The van der Waals surface area contributed by atoms with Gasteiger partial charge in [0.05, 0.1) is 0 Å². The van der Waals surface area contributed by atoms with Crippen LogP contribution in [0.4, 0.5) is 10.1 Å². The maximum Gasteiger partial charge on any atom is 0.236 e. The minimum atomic E-state index is -1.41. The maximum absolute atomic E-state index is 13.4. The molecule has 0 aliphatic rings. The monoisotopic (exact) mass is 455 g/mol. The van der Waals surface area contributed by atoms with Gasteiger partial charge in [-0.2, -0.15) is 0 Å². The van der Waals surface area contributed by atoms with Crippen molar-refractivity contribution in [2.24, 2.45) is 0 Å². The molecule has 0 amide bonds. The standard InChI is InChI=1S/C7H5BrFI2N/c8-6-2-1-4(12)3-5(6)7(9,10)11/h1-3H,12H2. The quantitative estimate of drug-likeness (QED) is 0.387. The second kappa shape index (κ2) is 3.95. The molecule has 0 aromatic heterocycles. The first-order valence-corrected chi connectivity index (χ1v) is 5.98. The Morgan fingerprint density at radius 3 is 2.42 bits per heavy atom. The van der Waals surface area contributed by atoms with Gasteiger partial charge < -0.3 is 5.73 Å². The van der Waals surface area contributed by atoms with Crippen LogP contribution in [0, 0.1) is 0 Å². The van der Waals surface area contributed by atoms with Gasteiger partial charge in [-0.1, -0.05) is 15.9 Å². The first kappa shape index (κ1) is 11.0. The van der Waals surface area contributed by atoms with Crippen LogP contribution < -0.4 is 5.73 Å². The van der Waals surface area contributed by atoms with E-state index in [-0.39, 0.29) is 0 Å². The summed E-state index contributed by atoms with van der Waals surface area (Å²) >= 11 is 6.70. The Balaban J connectivity index is 3.23. The number of nitrogen functional groups attached to an aromatic ring is 1. The van der Waals surface area contributed by atoms with E-state index >= 15 is 0 Å². The minimum absolute atomic E-state index is 0.559. The predicted molar refractivity (Wildman–Crippen MR) is 69.4 cm³/mol. The van der Waals surface area contributed by atoms with Crippen molar-refractivity contribution in [3.05, 3.63) is 28.2 Å². The van der Waals surface area contributed by atoms with Crippen molar-refractivity contribution in [3.8, 4) is 0 Å². The SMILES string of the molecule is Nc1ccc(Br)c(C(F)(I)I)c1. The zero-order valence-corrected chi connectivity index (χ0v) is 11.7. The highest BCUT2D eigenvalue weighted by molar-refractivity contribution is 14.2. The van der Waals surface area contributed by atoms with Gasteiger partial charge in [-0.25, -0.2) is 4.39 Å². The molecule has 1 aromatic carbocycles. The molecule has 0 spiro atoms. The molecule has 0 radical (unpaired) electrons. The van der Waals surface area contributed by atoms with Crippen LogP contribution in [0.5, 0.6) is 0 Å². The smallest absolute Gasteiger partial charge is 0.236 e. The van der Waals surface area contributed by atoms with Gasteiger partial charge in [0.25, 0.3) is 0 Å². The molecule has 0 aliphatic carbocycles. The molecule has 0 saturated heterocycles. The lowest BCUT2D eigenvalue weighted by atomic mass is 10.2. The first-order valence-electron chi connectivity index (χ1n) is 3.03. The van der Waals surface area contributed by atoms with Gasteiger partial charge in [0.2, 0.25) is 1.68 Å². The summed E-state index contributed by atoms with van der Waals surface area (Å²) in [5.74, 6) is 0. The van der Waals surface area contributed by atoms with Crippen molar-refractivity contribution >= 4 is 66.8 Å². The number of anilines is 1. The van der Waals surface area contributed by atoms with Gasteiger partial charge in [0, 0.05) is 15.7 Å². The molecule has 0 heterocycles. The number of nitrogens with two attached hydrogens (primary N) is 1. The molecular weight excluding hydrogens is 451 g/mol. The van der Waals surface area contributed by atoms with Crippen LogP contribution in [0.25, 0.3) is 0 Å². The number of hydrogen-bond acceptors (Lipinski definition) is 1. The summed E-state index contributed by atoms with van der Waals surface area (Å²) in [6.45, 7) is 0. The Kier molecular flexibility index (Phi) is 3.61. The zero-order valence-electron chi connectivity index (χ0n) is 5.82. The van der Waals surface area contributed by atoms with E-state index in [1.54, 1.807) is 63.4 Å². The third-order valence-electron chi connectivity index (χ3n) is 1.30. The Morgan fingerprint density at radius 1 is 1.42 bits per heavy atom. The van der Waals surface area contributed by atoms with Crippen LogP contribution in [-0.2, 0) is 1.68 Å². The fourth-order valence-electron chi connectivity index (χ4n) is 0.760. The summed E-state index contributed by atoms with van der Waals surface area (Å²) < 4.78 is 12.8. The Morgan fingerprint density at radius 2 is 2.00 bits per heavy atom. The number of alkyl halides is 3. The molecule has 0 unspecified atom stereocenters. The second-order valence-corrected chi connectivity index (χ2v) is 8.13. The zero-order chi connectivity index (χ0) is 9.35. The van der Waals surface area contributed by atoms with Crippen LogP contribution in [-0.4, -0.2) is 0 Å². The van der Waals surface area contributed by atoms with Crippen molar-refractivity contribution in [3.63, 3.8) is 0 Å². The van der Waals surface area contributed by atoms with Gasteiger partial charge >= 0.3 is 0 Å². The molecule has 1 nitrogen and oxygen atoms in total. The van der Waals surface area contributed by atoms with Gasteiger partial charge in [-0.05, 0) is 63.4 Å². The molecule has 1 aromatic rings. The molecular formula is C7H5BrFI2N. The van der Waals surface area contributed by atoms with E-state index in [9.17, 15) is 4.39 Å². The summed E-state index contributed by atoms with van der Waals surface area (Å²) in [4.78, 5) is 0. The predicted octanol–water partition coefficient (Wildman–Crippen LogP) is 3.98. The minimum Gasteiger partial charge on any atom is -0.399 e. The van der Waals surface area contributed by atoms with Gasteiger partial charge in [-0.15, -0.1) is 0 Å². The molecule has 0 atom stereocenters. The third-order valence-corrected chi connectivity index (χ3v) is 3.15. The molecule has 0 saturated carbocycles. The molecule has 2 N–H and O–H groups in total. The van der Waals surface area contributed by atoms with Crippen LogP contribution in [0.15, 0.2) is 22.7 Å². The van der Waals surface area contributed by atoms with Gasteiger partial charge in [-0.3, -0.25) is 0 Å². The number of rotatable bonds is 1. The summed E-state index contributed by atoms with van der Waals surface area (Å²) in [7, 11) is 0. The van der Waals surface area contributed by atoms with E-state index in [1.165, 1.54) is 0 Å². The average molecular weight is 456 g/mol. The average Bonchev–Trinajstić information content (AvgIpc) is 1.92. The van der Waals surface area contributed by atoms with Crippen LogP contribution in [0.3, 0.4) is 0 Å². The van der Waals surface area contributed by atoms with Crippen LogP contribution in [0.2, 0.25) is 0 Å². The van der Waals surface area contributed by atoms with Gasteiger partial charge in [0.1, 0.15) is 0 Å². The lowest BCUT2D eigenvalue weighted by molar-refractivity contribution is 0.468. The van der Waals surface area contributed by atoms with Crippen molar-refractivity contribution in [2.45, 2.75) is 1.68 Å². The van der Waals surface area contributed by atoms with E-state index in [4.69, 9.17) is 5.73 Å². The summed E-state index contributed by atoms with van der Waals surface area (Å²) in [5, 5.41) is 0. The van der Waals surface area contributed by atoms with Crippen molar-refractivity contribution < 1.29 is 4.39 Å². The highest BCUT2D eigenvalue weighted by atomic mass is 127. The largest absolute Gasteiger partial charge is 0.399 e. The molecule has 1 rings (SSSR count). The first-order chi connectivity index (χ1) is 5.41. The molecule has 0 bridgehead atoms. The van der Waals surface area contributed by atoms with E-state index in [1.807, 2.05) is 0 Å². The molecule has 5 heteroatoms. The molecule has 0 aliphatic heterocycles.